The van der Waals surface area contributed by atoms with Gasteiger partial charge in [-0.2, -0.15) is 0 Å². The van der Waals surface area contributed by atoms with E-state index in [-0.39, 0.29) is 11.9 Å². The van der Waals surface area contributed by atoms with Gasteiger partial charge in [0.2, 0.25) is 5.91 Å². The lowest BCUT2D eigenvalue weighted by Gasteiger charge is -2.23. The average Bonchev–Trinajstić information content (AvgIpc) is 2.55. The van der Waals surface area contributed by atoms with Crippen LogP contribution in [0.1, 0.15) is 25.3 Å². The lowest BCUT2D eigenvalue weighted by atomic mass is 10.1. The predicted molar refractivity (Wildman–Crippen MR) is 86.2 cm³/mol. The van der Waals surface area contributed by atoms with Crippen LogP contribution in [-0.4, -0.2) is 44.9 Å². The molecule has 1 amide bonds. The molecular formula is C17H26N2O3. The van der Waals surface area contributed by atoms with Crippen LogP contribution in [0.25, 0.3) is 0 Å². The van der Waals surface area contributed by atoms with Crippen LogP contribution < -0.4 is 15.4 Å². The highest BCUT2D eigenvalue weighted by Crippen LogP contribution is 2.18. The molecule has 5 heteroatoms. The van der Waals surface area contributed by atoms with Gasteiger partial charge in [0.1, 0.15) is 5.75 Å². The second-order valence-electron chi connectivity index (χ2n) is 5.49. The lowest BCUT2D eigenvalue weighted by Crippen LogP contribution is -2.44. The topological polar surface area (TPSA) is 59.6 Å². The largest absolute Gasteiger partial charge is 0.493 e. The molecule has 2 N–H and O–H groups in total. The third-order valence-electron chi connectivity index (χ3n) is 3.58. The van der Waals surface area contributed by atoms with Crippen LogP contribution in [0, 0.1) is 0 Å². The summed E-state index contributed by atoms with van der Waals surface area (Å²) >= 11 is 0. The first kappa shape index (κ1) is 16.8. The van der Waals surface area contributed by atoms with Crippen molar-refractivity contribution in [3.63, 3.8) is 0 Å². The number of amides is 1. The van der Waals surface area contributed by atoms with Crippen molar-refractivity contribution in [1.82, 2.24) is 10.6 Å². The number of benzene rings is 1. The molecule has 1 saturated heterocycles. The summed E-state index contributed by atoms with van der Waals surface area (Å²) in [5.41, 5.74) is 1.13. The molecule has 122 valence electrons. The van der Waals surface area contributed by atoms with E-state index in [1.807, 2.05) is 24.3 Å². The summed E-state index contributed by atoms with van der Waals surface area (Å²) in [5.74, 6) is 0.982. The van der Waals surface area contributed by atoms with Gasteiger partial charge >= 0.3 is 0 Å². The Bertz CT molecular complexity index is 459. The van der Waals surface area contributed by atoms with Crippen molar-refractivity contribution in [2.45, 2.75) is 32.2 Å². The first-order valence-corrected chi connectivity index (χ1v) is 8.08. The molecule has 1 aromatic carbocycles. The van der Waals surface area contributed by atoms with E-state index in [2.05, 4.69) is 17.6 Å². The molecule has 1 aliphatic heterocycles. The molecule has 0 aliphatic carbocycles. The smallest absolute Gasteiger partial charge is 0.221 e. The molecule has 0 aromatic heterocycles. The number of rotatable bonds is 8. The minimum Gasteiger partial charge on any atom is -0.493 e. The van der Waals surface area contributed by atoms with E-state index < -0.39 is 0 Å². The minimum atomic E-state index is 0.0648. The summed E-state index contributed by atoms with van der Waals surface area (Å²) in [6, 6.07) is 8.14. The quantitative estimate of drug-likeness (QED) is 0.764. The molecule has 1 heterocycles. The van der Waals surface area contributed by atoms with Crippen molar-refractivity contribution in [2.75, 3.05) is 32.9 Å². The number of morpholine rings is 1. The summed E-state index contributed by atoms with van der Waals surface area (Å²) in [6.07, 6.45) is 2.23. The Morgan fingerprint density at radius 2 is 2.32 bits per heavy atom. The van der Waals surface area contributed by atoms with Gasteiger partial charge in [-0.05, 0) is 24.5 Å². The van der Waals surface area contributed by atoms with Crippen LogP contribution in [0.4, 0.5) is 0 Å². The average molecular weight is 306 g/mol. The molecule has 0 saturated carbocycles. The normalized spacial score (nSPS) is 18.0. The van der Waals surface area contributed by atoms with Crippen molar-refractivity contribution in [3.8, 4) is 5.75 Å². The summed E-state index contributed by atoms with van der Waals surface area (Å²) in [5, 5.41) is 6.26. The second-order valence-corrected chi connectivity index (χ2v) is 5.49. The highest BCUT2D eigenvalue weighted by molar-refractivity contribution is 5.76. The monoisotopic (exact) mass is 306 g/mol. The third kappa shape index (κ3) is 5.66. The van der Waals surface area contributed by atoms with Gasteiger partial charge < -0.3 is 20.1 Å². The summed E-state index contributed by atoms with van der Waals surface area (Å²) in [7, 11) is 0. The van der Waals surface area contributed by atoms with E-state index in [0.717, 1.165) is 43.9 Å². The van der Waals surface area contributed by atoms with Gasteiger partial charge in [-0.25, -0.2) is 0 Å². The van der Waals surface area contributed by atoms with E-state index in [1.165, 1.54) is 0 Å². The minimum absolute atomic E-state index is 0.0648. The Balaban J connectivity index is 1.72. The highest BCUT2D eigenvalue weighted by atomic mass is 16.5. The molecule has 5 nitrogen and oxygen atoms in total. The summed E-state index contributed by atoms with van der Waals surface area (Å²) in [6.45, 7) is 5.59. The predicted octanol–water partition coefficient (Wildman–Crippen LogP) is 1.51. The Labute approximate surface area is 132 Å². The van der Waals surface area contributed by atoms with Gasteiger partial charge in [-0.3, -0.25) is 4.79 Å². The Morgan fingerprint density at radius 3 is 3.09 bits per heavy atom. The van der Waals surface area contributed by atoms with Crippen LogP contribution in [0.3, 0.4) is 0 Å². The van der Waals surface area contributed by atoms with Crippen LogP contribution >= 0.6 is 0 Å². The fourth-order valence-corrected chi connectivity index (χ4v) is 2.45. The molecule has 1 aliphatic rings. The zero-order valence-electron chi connectivity index (χ0n) is 13.3. The van der Waals surface area contributed by atoms with Crippen molar-refractivity contribution >= 4 is 5.91 Å². The van der Waals surface area contributed by atoms with Crippen LogP contribution in [-0.2, 0) is 16.0 Å². The van der Waals surface area contributed by atoms with Gasteiger partial charge in [-0.15, -0.1) is 0 Å². The lowest BCUT2D eigenvalue weighted by molar-refractivity contribution is -0.122. The molecule has 0 unspecified atom stereocenters. The fourth-order valence-electron chi connectivity index (χ4n) is 2.45. The van der Waals surface area contributed by atoms with Crippen molar-refractivity contribution < 1.29 is 14.3 Å². The number of hydrogen-bond acceptors (Lipinski definition) is 4. The maximum Gasteiger partial charge on any atom is 0.221 e. The number of carbonyl (C=O) groups excluding carboxylic acids is 1. The molecule has 0 radical (unpaired) electrons. The number of nitrogens with one attached hydrogen (secondary N) is 2. The number of ether oxygens (including phenoxy) is 2. The summed E-state index contributed by atoms with van der Waals surface area (Å²) < 4.78 is 11.1. The maximum atomic E-state index is 11.9. The van der Waals surface area contributed by atoms with Crippen LogP contribution in [0.5, 0.6) is 5.75 Å². The van der Waals surface area contributed by atoms with Gasteiger partial charge in [0.15, 0.2) is 0 Å². The summed E-state index contributed by atoms with van der Waals surface area (Å²) in [4.78, 5) is 11.9. The first-order chi connectivity index (χ1) is 10.8. The molecule has 0 bridgehead atoms. The number of carbonyl (C=O) groups is 1. The Hall–Kier alpha value is -1.59. The third-order valence-corrected chi connectivity index (χ3v) is 3.58. The Morgan fingerprint density at radius 1 is 1.45 bits per heavy atom. The maximum absolute atomic E-state index is 11.9. The van der Waals surface area contributed by atoms with Gasteiger partial charge in [0.05, 0.1) is 19.8 Å². The fraction of sp³-hybridized carbons (Fsp3) is 0.588. The zero-order chi connectivity index (χ0) is 15.6. The molecule has 0 spiro atoms. The van der Waals surface area contributed by atoms with Crippen LogP contribution in [0.2, 0.25) is 0 Å². The van der Waals surface area contributed by atoms with E-state index in [1.54, 1.807) is 0 Å². The standard InChI is InChI=1S/C17H26N2O3/c1-2-10-22-16-6-4-3-5-14(16)7-8-19-17(20)12-15-13-21-11-9-18-15/h3-6,15,18H,2,7-13H2,1H3,(H,19,20)/t15-/m0/s1. The van der Waals surface area contributed by atoms with E-state index in [0.29, 0.717) is 19.6 Å². The van der Waals surface area contributed by atoms with E-state index in [9.17, 15) is 4.79 Å². The first-order valence-electron chi connectivity index (χ1n) is 8.08. The molecule has 2 rings (SSSR count). The SMILES string of the molecule is CCCOc1ccccc1CCNC(=O)C[C@H]1COCCN1. The van der Waals surface area contributed by atoms with Crippen molar-refractivity contribution in [1.29, 1.82) is 0 Å². The van der Waals surface area contributed by atoms with Gasteiger partial charge in [0, 0.05) is 25.6 Å². The van der Waals surface area contributed by atoms with E-state index >= 15 is 0 Å². The molecule has 1 aromatic rings. The van der Waals surface area contributed by atoms with Gasteiger partial charge in [-0.1, -0.05) is 25.1 Å². The van der Waals surface area contributed by atoms with Crippen molar-refractivity contribution in [2.24, 2.45) is 0 Å². The highest BCUT2D eigenvalue weighted by Gasteiger charge is 2.16. The van der Waals surface area contributed by atoms with Gasteiger partial charge in [0.25, 0.3) is 0 Å². The van der Waals surface area contributed by atoms with E-state index in [4.69, 9.17) is 9.47 Å². The van der Waals surface area contributed by atoms with Crippen molar-refractivity contribution in [3.05, 3.63) is 29.8 Å². The second kappa shape index (κ2) is 9.43. The number of para-hydroxylation sites is 1. The Kier molecular flexibility index (Phi) is 7.19. The van der Waals surface area contributed by atoms with Crippen LogP contribution in [0.15, 0.2) is 24.3 Å². The molecular weight excluding hydrogens is 280 g/mol. The zero-order valence-corrected chi connectivity index (χ0v) is 13.3. The molecule has 22 heavy (non-hydrogen) atoms. The number of hydrogen-bond donors (Lipinski definition) is 2. The molecule has 1 fully saturated rings. The molecule has 1 atom stereocenters.